The Morgan fingerprint density at radius 1 is 0.743 bits per heavy atom. The maximum atomic E-state index is 12.2. The molecule has 8 heteroatoms. The van der Waals surface area contributed by atoms with Gasteiger partial charge in [-0.25, -0.2) is 0 Å². The van der Waals surface area contributed by atoms with Crippen molar-refractivity contribution in [2.45, 2.75) is 19.8 Å². The van der Waals surface area contributed by atoms with Gasteiger partial charge in [0.25, 0.3) is 5.91 Å². The molecule has 2 amide bonds. The highest BCUT2D eigenvalue weighted by Gasteiger charge is 2.11. The van der Waals surface area contributed by atoms with E-state index >= 15 is 0 Å². The van der Waals surface area contributed by atoms with Crippen LogP contribution in [0.1, 0.15) is 35.7 Å². The number of carbonyl (C=O) groups excluding carboxylic acids is 3. The molecular weight excluding hydrogens is 446 g/mol. The van der Waals surface area contributed by atoms with E-state index in [4.69, 9.17) is 14.7 Å². The van der Waals surface area contributed by atoms with Crippen LogP contribution in [0.3, 0.4) is 0 Å². The number of hydrogen-bond donors (Lipinski definition) is 2. The molecule has 0 fully saturated rings. The minimum absolute atomic E-state index is 0.0117. The minimum atomic E-state index is -0.535. The molecule has 0 saturated carbocycles. The van der Waals surface area contributed by atoms with Gasteiger partial charge in [-0.1, -0.05) is 24.3 Å². The lowest BCUT2D eigenvalue weighted by atomic mass is 10.0. The van der Waals surface area contributed by atoms with Crippen molar-refractivity contribution in [2.24, 2.45) is 0 Å². The van der Waals surface area contributed by atoms with Crippen LogP contribution in [0.5, 0.6) is 11.5 Å². The fraction of sp³-hybridized carbons (Fsp3) is 0.185. The minimum Gasteiger partial charge on any atom is -0.494 e. The third kappa shape index (κ3) is 7.72. The zero-order valence-electron chi connectivity index (χ0n) is 19.2. The number of amides is 2. The zero-order valence-corrected chi connectivity index (χ0v) is 19.2. The summed E-state index contributed by atoms with van der Waals surface area (Å²) in [5.74, 6) is -0.0297. The lowest BCUT2D eigenvalue weighted by Gasteiger charge is -2.09. The number of nitrogens with zero attached hydrogens (tertiary/aromatic N) is 1. The molecule has 0 aliphatic rings. The SMILES string of the molecule is CCOc1ccc(C(=O)CCC(=O)NNC(=O)COc2ccc(-c3ccc(C#N)cc3)cc2)cc1. The average Bonchev–Trinajstić information content (AvgIpc) is 2.90. The van der Waals surface area contributed by atoms with Crippen LogP contribution in [0.4, 0.5) is 0 Å². The van der Waals surface area contributed by atoms with Gasteiger partial charge in [0.05, 0.1) is 18.2 Å². The Balaban J connectivity index is 1.37. The quantitative estimate of drug-likeness (QED) is 0.343. The van der Waals surface area contributed by atoms with Gasteiger partial charge >= 0.3 is 0 Å². The first-order valence-corrected chi connectivity index (χ1v) is 11.1. The van der Waals surface area contributed by atoms with Gasteiger partial charge in [-0.15, -0.1) is 0 Å². The molecule has 35 heavy (non-hydrogen) atoms. The summed E-state index contributed by atoms with van der Waals surface area (Å²) in [7, 11) is 0. The summed E-state index contributed by atoms with van der Waals surface area (Å²) in [5.41, 5.74) is 7.52. The van der Waals surface area contributed by atoms with Crippen molar-refractivity contribution in [1.29, 1.82) is 5.26 Å². The zero-order chi connectivity index (χ0) is 25.0. The molecule has 0 aliphatic heterocycles. The molecule has 0 spiro atoms. The summed E-state index contributed by atoms with van der Waals surface area (Å²) in [6.07, 6.45) is -0.0538. The second-order valence-electron chi connectivity index (χ2n) is 7.48. The molecule has 0 radical (unpaired) electrons. The van der Waals surface area contributed by atoms with Crippen LogP contribution in [0, 0.1) is 11.3 Å². The van der Waals surface area contributed by atoms with Crippen LogP contribution < -0.4 is 20.3 Å². The summed E-state index contributed by atoms with van der Waals surface area (Å²) in [6, 6.07) is 23.2. The van der Waals surface area contributed by atoms with Crippen LogP contribution >= 0.6 is 0 Å². The van der Waals surface area contributed by atoms with Crippen LogP contribution in [0.2, 0.25) is 0 Å². The lowest BCUT2D eigenvalue weighted by Crippen LogP contribution is -2.43. The Labute approximate surface area is 203 Å². The number of nitriles is 1. The number of ketones is 1. The first-order chi connectivity index (χ1) is 17.0. The normalized spacial score (nSPS) is 10.1. The molecule has 3 rings (SSSR count). The van der Waals surface area contributed by atoms with E-state index < -0.39 is 11.8 Å². The van der Waals surface area contributed by atoms with Crippen molar-refractivity contribution < 1.29 is 23.9 Å². The first kappa shape index (κ1) is 25.0. The van der Waals surface area contributed by atoms with Gasteiger partial charge in [0.15, 0.2) is 12.4 Å². The molecule has 2 N–H and O–H groups in total. The molecule has 0 aliphatic carbocycles. The number of nitrogens with one attached hydrogen (secondary N) is 2. The molecule has 0 unspecified atom stereocenters. The predicted molar refractivity (Wildman–Crippen MR) is 130 cm³/mol. The van der Waals surface area contributed by atoms with Crippen molar-refractivity contribution in [3.8, 4) is 28.7 Å². The lowest BCUT2D eigenvalue weighted by molar-refractivity contribution is -0.130. The highest BCUT2D eigenvalue weighted by molar-refractivity contribution is 5.98. The van der Waals surface area contributed by atoms with Crippen LogP contribution in [0.25, 0.3) is 11.1 Å². The van der Waals surface area contributed by atoms with Crippen molar-refractivity contribution >= 4 is 17.6 Å². The number of hydrogen-bond acceptors (Lipinski definition) is 6. The smallest absolute Gasteiger partial charge is 0.276 e. The second kappa shape index (κ2) is 12.6. The van der Waals surface area contributed by atoms with Gasteiger partial charge in [0, 0.05) is 18.4 Å². The summed E-state index contributed by atoms with van der Waals surface area (Å²) in [6.45, 7) is 2.12. The largest absolute Gasteiger partial charge is 0.494 e. The predicted octanol–water partition coefficient (Wildman–Crippen LogP) is 3.81. The van der Waals surface area contributed by atoms with Crippen molar-refractivity contribution in [1.82, 2.24) is 10.9 Å². The van der Waals surface area contributed by atoms with E-state index in [9.17, 15) is 14.4 Å². The molecular formula is C27H25N3O5. The van der Waals surface area contributed by atoms with Crippen molar-refractivity contribution in [2.75, 3.05) is 13.2 Å². The Bertz CT molecular complexity index is 1200. The molecule has 0 bridgehead atoms. The van der Waals surface area contributed by atoms with Gasteiger partial charge in [-0.2, -0.15) is 5.26 Å². The summed E-state index contributed by atoms with van der Waals surface area (Å²) in [5, 5.41) is 8.88. The maximum Gasteiger partial charge on any atom is 0.276 e. The van der Waals surface area contributed by atoms with Crippen molar-refractivity contribution in [3.05, 3.63) is 83.9 Å². The third-order valence-electron chi connectivity index (χ3n) is 4.98. The molecule has 0 heterocycles. The highest BCUT2D eigenvalue weighted by Crippen LogP contribution is 2.22. The van der Waals surface area contributed by atoms with Crippen LogP contribution in [-0.4, -0.2) is 30.8 Å². The average molecular weight is 472 g/mol. The molecule has 0 aromatic heterocycles. The number of rotatable bonds is 10. The molecule has 3 aromatic rings. The standard InChI is InChI=1S/C27H25N3O5/c1-2-34-23-13-9-22(10-14-23)25(31)15-16-26(32)29-30-27(33)18-35-24-11-7-21(8-12-24)20-5-3-19(17-28)4-6-20/h3-14H,2,15-16,18H2,1H3,(H,29,32)(H,30,33). The van der Waals surface area contributed by atoms with E-state index in [0.717, 1.165) is 11.1 Å². The number of Topliss-reactive ketones (excluding diaryl/α,β-unsaturated/α-hetero) is 1. The Morgan fingerprint density at radius 3 is 1.89 bits per heavy atom. The summed E-state index contributed by atoms with van der Waals surface area (Å²) >= 11 is 0. The fourth-order valence-corrected chi connectivity index (χ4v) is 3.14. The number of hydrazine groups is 1. The maximum absolute atomic E-state index is 12.2. The van der Waals surface area contributed by atoms with Gasteiger partial charge in [-0.05, 0) is 66.6 Å². The number of benzene rings is 3. The Kier molecular flexibility index (Phi) is 8.97. The molecule has 8 nitrogen and oxygen atoms in total. The molecule has 178 valence electrons. The topological polar surface area (TPSA) is 118 Å². The van der Waals surface area contributed by atoms with E-state index in [1.165, 1.54) is 0 Å². The van der Waals surface area contributed by atoms with Gasteiger partial charge < -0.3 is 9.47 Å². The van der Waals surface area contributed by atoms with Gasteiger partial charge in [-0.3, -0.25) is 25.2 Å². The summed E-state index contributed by atoms with van der Waals surface area (Å²) in [4.78, 5) is 36.1. The van der Waals surface area contributed by atoms with Gasteiger partial charge in [0.1, 0.15) is 11.5 Å². The number of carbonyl (C=O) groups is 3. The van der Waals surface area contributed by atoms with E-state index in [-0.39, 0.29) is 25.2 Å². The molecule has 0 atom stereocenters. The summed E-state index contributed by atoms with van der Waals surface area (Å²) < 4.78 is 10.8. The Morgan fingerprint density at radius 2 is 1.29 bits per heavy atom. The first-order valence-electron chi connectivity index (χ1n) is 11.1. The second-order valence-corrected chi connectivity index (χ2v) is 7.48. The molecule has 3 aromatic carbocycles. The fourth-order valence-electron chi connectivity index (χ4n) is 3.14. The number of ether oxygens (including phenoxy) is 2. The van der Waals surface area contributed by atoms with Crippen molar-refractivity contribution in [3.63, 3.8) is 0 Å². The monoisotopic (exact) mass is 471 g/mol. The van der Waals surface area contributed by atoms with E-state index in [2.05, 4.69) is 16.9 Å². The highest BCUT2D eigenvalue weighted by atomic mass is 16.5. The van der Waals surface area contributed by atoms with Crippen LogP contribution in [-0.2, 0) is 9.59 Å². The molecule has 0 saturated heterocycles. The Hall–Kier alpha value is -4.64. The van der Waals surface area contributed by atoms with E-state index in [0.29, 0.717) is 29.2 Å². The van der Waals surface area contributed by atoms with E-state index in [1.807, 2.05) is 31.2 Å². The third-order valence-corrected chi connectivity index (χ3v) is 4.98. The van der Waals surface area contributed by atoms with E-state index in [1.54, 1.807) is 48.5 Å². The van der Waals surface area contributed by atoms with Gasteiger partial charge in [0.2, 0.25) is 5.91 Å². The van der Waals surface area contributed by atoms with Crippen LogP contribution in [0.15, 0.2) is 72.8 Å².